The zero-order valence-electron chi connectivity index (χ0n) is 19.9. The van der Waals surface area contributed by atoms with Crippen molar-refractivity contribution in [3.63, 3.8) is 0 Å². The number of hydrogen-bond acceptors (Lipinski definition) is 3. The number of benzene rings is 3. The van der Waals surface area contributed by atoms with E-state index in [0.717, 1.165) is 24.9 Å². The molecule has 0 aromatic heterocycles. The Bertz CT molecular complexity index is 1210. The average molecular weight is 471 g/mol. The summed E-state index contributed by atoms with van der Waals surface area (Å²) in [5.74, 6) is 0.629. The first-order chi connectivity index (χ1) is 17.1. The maximum Gasteiger partial charge on any atom is 0.322 e. The summed E-state index contributed by atoms with van der Waals surface area (Å²) < 4.78 is 5.31. The van der Waals surface area contributed by atoms with E-state index < -0.39 is 0 Å². The van der Waals surface area contributed by atoms with Crippen LogP contribution in [0.2, 0.25) is 0 Å². The molecule has 35 heavy (non-hydrogen) atoms. The minimum atomic E-state index is -0.151. The molecule has 2 N–H and O–H groups in total. The van der Waals surface area contributed by atoms with Crippen LogP contribution in [-0.4, -0.2) is 49.7 Å². The van der Waals surface area contributed by atoms with Crippen molar-refractivity contribution >= 4 is 23.4 Å². The summed E-state index contributed by atoms with van der Waals surface area (Å²) in [5, 5.41) is 6.11. The van der Waals surface area contributed by atoms with Crippen LogP contribution in [0.5, 0.6) is 5.75 Å². The standard InChI is InChI=1S/C28H30N4O3/c1-35-26-10-6-5-9-24(26)30-27(33)31-16-14-23(15-17-31)29-28(34)32-18-13-22-19-21(11-12-25(22)32)20-7-3-2-4-8-20/h2-12,19,23H,13-18H2,1H3,(H,29,34)(H,30,33). The van der Waals surface area contributed by atoms with Gasteiger partial charge in [0.1, 0.15) is 5.75 Å². The molecule has 0 atom stereocenters. The van der Waals surface area contributed by atoms with Gasteiger partial charge in [0, 0.05) is 31.4 Å². The predicted molar refractivity (Wildman–Crippen MR) is 138 cm³/mol. The first-order valence-electron chi connectivity index (χ1n) is 12.1. The molecule has 2 aliphatic heterocycles. The van der Waals surface area contributed by atoms with Crippen molar-refractivity contribution in [3.05, 3.63) is 78.4 Å². The second kappa shape index (κ2) is 10.1. The third kappa shape index (κ3) is 4.94. The molecule has 3 aromatic carbocycles. The Hall–Kier alpha value is -4.00. The molecule has 0 spiro atoms. The number of methoxy groups -OCH3 is 1. The van der Waals surface area contributed by atoms with E-state index >= 15 is 0 Å². The Morgan fingerprint density at radius 2 is 1.60 bits per heavy atom. The van der Waals surface area contributed by atoms with Gasteiger partial charge >= 0.3 is 12.1 Å². The van der Waals surface area contributed by atoms with Gasteiger partial charge < -0.3 is 20.3 Å². The predicted octanol–water partition coefficient (Wildman–Crippen LogP) is 5.13. The second-order valence-electron chi connectivity index (χ2n) is 8.95. The number of nitrogens with zero attached hydrogens (tertiary/aromatic N) is 2. The van der Waals surface area contributed by atoms with Gasteiger partial charge in [-0.05, 0) is 60.2 Å². The summed E-state index contributed by atoms with van der Waals surface area (Å²) in [4.78, 5) is 29.4. The summed E-state index contributed by atoms with van der Waals surface area (Å²) in [7, 11) is 1.58. The number of likely N-dealkylation sites (tertiary alicyclic amines) is 1. The van der Waals surface area contributed by atoms with E-state index in [1.165, 1.54) is 16.7 Å². The highest BCUT2D eigenvalue weighted by atomic mass is 16.5. The van der Waals surface area contributed by atoms with Gasteiger partial charge in [0.15, 0.2) is 0 Å². The minimum absolute atomic E-state index is 0.0467. The van der Waals surface area contributed by atoms with E-state index in [2.05, 4.69) is 41.0 Å². The number of nitrogens with one attached hydrogen (secondary N) is 2. The van der Waals surface area contributed by atoms with Crippen molar-refractivity contribution in [1.29, 1.82) is 0 Å². The van der Waals surface area contributed by atoms with Crippen molar-refractivity contribution in [3.8, 4) is 16.9 Å². The number of rotatable bonds is 4. The van der Waals surface area contributed by atoms with Gasteiger partial charge in [0.2, 0.25) is 0 Å². The van der Waals surface area contributed by atoms with Crippen LogP contribution in [0.25, 0.3) is 11.1 Å². The maximum absolute atomic E-state index is 13.1. The molecule has 3 aromatic rings. The van der Waals surface area contributed by atoms with Crippen LogP contribution in [0.15, 0.2) is 72.8 Å². The van der Waals surface area contributed by atoms with Crippen LogP contribution >= 0.6 is 0 Å². The Morgan fingerprint density at radius 1 is 0.857 bits per heavy atom. The van der Waals surface area contributed by atoms with Crippen molar-refractivity contribution in [2.75, 3.05) is 37.0 Å². The van der Waals surface area contributed by atoms with Crippen molar-refractivity contribution in [2.24, 2.45) is 0 Å². The Labute approximate surface area is 205 Å². The van der Waals surface area contributed by atoms with Gasteiger partial charge in [-0.1, -0.05) is 48.5 Å². The lowest BCUT2D eigenvalue weighted by atomic mass is 10.0. The lowest BCUT2D eigenvalue weighted by Gasteiger charge is -2.33. The molecule has 180 valence electrons. The van der Waals surface area contributed by atoms with Gasteiger partial charge in [-0.25, -0.2) is 9.59 Å². The average Bonchev–Trinajstić information content (AvgIpc) is 3.33. The molecule has 2 aliphatic rings. The zero-order valence-corrected chi connectivity index (χ0v) is 19.9. The zero-order chi connectivity index (χ0) is 24.2. The number of urea groups is 2. The van der Waals surface area contributed by atoms with Gasteiger partial charge in [-0.2, -0.15) is 0 Å². The molecule has 2 heterocycles. The molecular weight excluding hydrogens is 440 g/mol. The topological polar surface area (TPSA) is 73.9 Å². The van der Waals surface area contributed by atoms with E-state index in [1.54, 1.807) is 12.0 Å². The SMILES string of the molecule is COc1ccccc1NC(=O)N1CCC(NC(=O)N2CCc3cc(-c4ccccc4)ccc32)CC1. The highest BCUT2D eigenvalue weighted by Crippen LogP contribution is 2.32. The largest absolute Gasteiger partial charge is 0.495 e. The number of fused-ring (bicyclic) bond motifs is 1. The Kier molecular flexibility index (Phi) is 6.57. The van der Waals surface area contributed by atoms with Crippen LogP contribution in [0.3, 0.4) is 0 Å². The lowest BCUT2D eigenvalue weighted by Crippen LogP contribution is -2.50. The second-order valence-corrected chi connectivity index (χ2v) is 8.95. The lowest BCUT2D eigenvalue weighted by molar-refractivity contribution is 0.188. The highest BCUT2D eigenvalue weighted by molar-refractivity contribution is 5.95. The fraction of sp³-hybridized carbons (Fsp3) is 0.286. The Balaban J connectivity index is 1.15. The molecule has 5 rings (SSSR count). The number of ether oxygens (including phenoxy) is 1. The molecular formula is C28H30N4O3. The normalized spacial score (nSPS) is 15.5. The number of para-hydroxylation sites is 2. The fourth-order valence-electron chi connectivity index (χ4n) is 4.84. The molecule has 0 radical (unpaired) electrons. The molecule has 4 amide bonds. The number of amides is 4. The summed E-state index contributed by atoms with van der Waals surface area (Å²) in [6.07, 6.45) is 2.29. The molecule has 7 nitrogen and oxygen atoms in total. The van der Waals surface area contributed by atoms with Gasteiger partial charge in [0.05, 0.1) is 12.8 Å². The van der Waals surface area contributed by atoms with E-state index in [9.17, 15) is 9.59 Å². The van der Waals surface area contributed by atoms with Crippen LogP contribution in [0.4, 0.5) is 21.0 Å². The third-order valence-electron chi connectivity index (χ3n) is 6.79. The number of anilines is 2. The molecule has 0 aliphatic carbocycles. The molecule has 1 fully saturated rings. The first kappa shape index (κ1) is 22.8. The van der Waals surface area contributed by atoms with E-state index in [1.807, 2.05) is 47.4 Å². The molecule has 7 heteroatoms. The number of piperidine rings is 1. The van der Waals surface area contributed by atoms with Gasteiger partial charge in [0.25, 0.3) is 0 Å². The van der Waals surface area contributed by atoms with Crippen LogP contribution < -0.4 is 20.3 Å². The molecule has 0 bridgehead atoms. The third-order valence-corrected chi connectivity index (χ3v) is 6.79. The van der Waals surface area contributed by atoms with E-state index in [4.69, 9.17) is 4.74 Å². The molecule has 0 saturated carbocycles. The summed E-state index contributed by atoms with van der Waals surface area (Å²) in [6.45, 7) is 1.85. The van der Waals surface area contributed by atoms with Crippen LogP contribution in [0.1, 0.15) is 18.4 Å². The fourth-order valence-corrected chi connectivity index (χ4v) is 4.84. The Morgan fingerprint density at radius 3 is 2.37 bits per heavy atom. The first-order valence-corrected chi connectivity index (χ1v) is 12.1. The number of carbonyl (C=O) groups excluding carboxylic acids is 2. The maximum atomic E-state index is 13.1. The highest BCUT2D eigenvalue weighted by Gasteiger charge is 2.29. The van der Waals surface area contributed by atoms with Crippen LogP contribution in [0, 0.1) is 0 Å². The van der Waals surface area contributed by atoms with Gasteiger partial charge in [-0.3, -0.25) is 4.90 Å². The summed E-state index contributed by atoms with van der Waals surface area (Å²) in [6, 6.07) is 23.8. The van der Waals surface area contributed by atoms with Crippen molar-refractivity contribution < 1.29 is 14.3 Å². The van der Waals surface area contributed by atoms with Crippen molar-refractivity contribution in [1.82, 2.24) is 10.2 Å². The van der Waals surface area contributed by atoms with E-state index in [0.29, 0.717) is 31.1 Å². The van der Waals surface area contributed by atoms with E-state index in [-0.39, 0.29) is 18.1 Å². The summed E-state index contributed by atoms with van der Waals surface area (Å²) in [5.41, 5.74) is 5.18. The monoisotopic (exact) mass is 470 g/mol. The quantitative estimate of drug-likeness (QED) is 0.555. The van der Waals surface area contributed by atoms with Crippen molar-refractivity contribution in [2.45, 2.75) is 25.3 Å². The molecule has 0 unspecified atom stereocenters. The van der Waals surface area contributed by atoms with Gasteiger partial charge in [-0.15, -0.1) is 0 Å². The number of carbonyl (C=O) groups is 2. The summed E-state index contributed by atoms with van der Waals surface area (Å²) >= 11 is 0. The molecule has 1 saturated heterocycles. The smallest absolute Gasteiger partial charge is 0.322 e. The van der Waals surface area contributed by atoms with Crippen LogP contribution in [-0.2, 0) is 6.42 Å². The number of hydrogen-bond donors (Lipinski definition) is 2. The minimum Gasteiger partial charge on any atom is -0.495 e.